The molecular weight excluding hydrogens is 311 g/mol. The van der Waals surface area contributed by atoms with E-state index in [4.69, 9.17) is 23.2 Å². The fraction of sp³-hybridized carbons (Fsp3) is 0.400. The zero-order chi connectivity index (χ0) is 15.2. The molecule has 2 heteroatoms. The zero-order valence-corrected chi connectivity index (χ0v) is 14.1. The molecule has 0 nitrogen and oxygen atoms in total. The van der Waals surface area contributed by atoms with Crippen LogP contribution in [0.2, 0.25) is 10.0 Å². The first-order valence-corrected chi connectivity index (χ1v) is 8.94. The van der Waals surface area contributed by atoms with Crippen LogP contribution in [0.1, 0.15) is 49.7 Å². The van der Waals surface area contributed by atoms with Gasteiger partial charge in [0.2, 0.25) is 0 Å². The summed E-state index contributed by atoms with van der Waals surface area (Å²) in [5, 5.41) is 1.65. The Morgan fingerprint density at radius 2 is 0.864 bits per heavy atom. The molecule has 2 fully saturated rings. The summed E-state index contributed by atoms with van der Waals surface area (Å²) in [5.74, 6) is 0. The molecule has 0 heterocycles. The van der Waals surface area contributed by atoms with Crippen LogP contribution in [0.3, 0.4) is 0 Å². The maximum atomic E-state index is 6.10. The Labute approximate surface area is 142 Å². The lowest BCUT2D eigenvalue weighted by Gasteiger charge is -2.61. The van der Waals surface area contributed by atoms with Crippen molar-refractivity contribution in [3.05, 3.63) is 69.7 Å². The highest BCUT2D eigenvalue weighted by Crippen LogP contribution is 2.64. The lowest BCUT2D eigenvalue weighted by Crippen LogP contribution is -2.57. The van der Waals surface area contributed by atoms with Crippen LogP contribution in [-0.2, 0) is 10.8 Å². The van der Waals surface area contributed by atoms with Gasteiger partial charge in [0.25, 0.3) is 0 Å². The smallest absolute Gasteiger partial charge is 0.0406 e. The minimum Gasteiger partial charge on any atom is -0.0843 e. The van der Waals surface area contributed by atoms with Gasteiger partial charge < -0.3 is 0 Å². The Hall–Kier alpha value is -0.980. The zero-order valence-electron chi connectivity index (χ0n) is 12.6. The van der Waals surface area contributed by atoms with E-state index < -0.39 is 0 Å². The minimum absolute atomic E-state index is 0.295. The van der Waals surface area contributed by atoms with Crippen molar-refractivity contribution in [2.24, 2.45) is 0 Å². The second kappa shape index (κ2) is 5.28. The van der Waals surface area contributed by atoms with Crippen LogP contribution in [0, 0.1) is 0 Å². The third-order valence-electron chi connectivity index (χ3n) is 6.12. The summed E-state index contributed by atoms with van der Waals surface area (Å²) in [6, 6.07) is 17.2. The fourth-order valence-electron chi connectivity index (χ4n) is 4.69. The summed E-state index contributed by atoms with van der Waals surface area (Å²) in [6.07, 6.45) is 7.82. The van der Waals surface area contributed by atoms with Crippen molar-refractivity contribution in [3.8, 4) is 0 Å². The summed E-state index contributed by atoms with van der Waals surface area (Å²) in [5.41, 5.74) is 3.53. The normalized spacial score (nSPS) is 21.7. The van der Waals surface area contributed by atoms with E-state index >= 15 is 0 Å². The van der Waals surface area contributed by atoms with Gasteiger partial charge in [0.05, 0.1) is 0 Å². The number of halogens is 2. The molecule has 2 aromatic carbocycles. The molecule has 2 aromatic rings. The first kappa shape index (κ1) is 14.6. The quantitative estimate of drug-likeness (QED) is 0.599. The highest BCUT2D eigenvalue weighted by atomic mass is 35.5. The fourth-order valence-corrected chi connectivity index (χ4v) is 4.94. The monoisotopic (exact) mass is 330 g/mol. The average molecular weight is 331 g/mol. The molecule has 0 bridgehead atoms. The number of hydrogen-bond acceptors (Lipinski definition) is 0. The van der Waals surface area contributed by atoms with E-state index in [9.17, 15) is 0 Å². The van der Waals surface area contributed by atoms with Crippen molar-refractivity contribution in [1.29, 1.82) is 0 Å². The maximum absolute atomic E-state index is 6.10. The first-order valence-electron chi connectivity index (χ1n) is 8.18. The van der Waals surface area contributed by atoms with Gasteiger partial charge in [-0.2, -0.15) is 0 Å². The van der Waals surface area contributed by atoms with Crippen LogP contribution in [0.4, 0.5) is 0 Å². The van der Waals surface area contributed by atoms with Gasteiger partial charge in [-0.05, 0) is 61.1 Å². The molecule has 0 radical (unpaired) electrons. The topological polar surface area (TPSA) is 0 Å². The second-order valence-electron chi connectivity index (χ2n) is 6.89. The Kier molecular flexibility index (Phi) is 3.51. The number of rotatable bonds is 3. The Morgan fingerprint density at radius 1 is 0.545 bits per heavy atom. The molecule has 0 atom stereocenters. The summed E-state index contributed by atoms with van der Waals surface area (Å²) in [6.45, 7) is 0. The SMILES string of the molecule is Clc1ccc(C2(C3(c4ccc(Cl)cc4)CCC3)CCC2)cc1. The Morgan fingerprint density at radius 3 is 1.09 bits per heavy atom. The van der Waals surface area contributed by atoms with Crippen LogP contribution < -0.4 is 0 Å². The predicted octanol–water partition coefficient (Wildman–Crippen LogP) is 6.54. The van der Waals surface area contributed by atoms with E-state index in [0.717, 1.165) is 10.0 Å². The van der Waals surface area contributed by atoms with Gasteiger partial charge in [0.15, 0.2) is 0 Å². The summed E-state index contributed by atoms with van der Waals surface area (Å²) >= 11 is 12.2. The molecule has 4 rings (SSSR count). The van der Waals surface area contributed by atoms with E-state index in [0.29, 0.717) is 10.8 Å². The third-order valence-corrected chi connectivity index (χ3v) is 6.63. The van der Waals surface area contributed by atoms with Gasteiger partial charge in [-0.25, -0.2) is 0 Å². The Balaban J connectivity index is 1.81. The van der Waals surface area contributed by atoms with Crippen molar-refractivity contribution in [1.82, 2.24) is 0 Å². The Bertz CT molecular complexity index is 600. The van der Waals surface area contributed by atoms with Crippen molar-refractivity contribution < 1.29 is 0 Å². The molecular formula is C20H20Cl2. The van der Waals surface area contributed by atoms with Gasteiger partial charge in [0, 0.05) is 20.9 Å². The molecule has 2 aliphatic carbocycles. The van der Waals surface area contributed by atoms with E-state index in [-0.39, 0.29) is 0 Å². The first-order chi connectivity index (χ1) is 10.7. The van der Waals surface area contributed by atoms with Gasteiger partial charge in [-0.3, -0.25) is 0 Å². The van der Waals surface area contributed by atoms with E-state index in [1.54, 1.807) is 0 Å². The van der Waals surface area contributed by atoms with Crippen LogP contribution in [-0.4, -0.2) is 0 Å². The minimum atomic E-state index is 0.295. The average Bonchev–Trinajstić information content (AvgIpc) is 2.43. The van der Waals surface area contributed by atoms with Gasteiger partial charge in [0.1, 0.15) is 0 Å². The molecule has 22 heavy (non-hydrogen) atoms. The van der Waals surface area contributed by atoms with E-state index in [1.807, 2.05) is 24.3 Å². The molecule has 0 spiro atoms. The van der Waals surface area contributed by atoms with Crippen LogP contribution in [0.5, 0.6) is 0 Å². The van der Waals surface area contributed by atoms with Crippen molar-refractivity contribution in [3.63, 3.8) is 0 Å². The van der Waals surface area contributed by atoms with Crippen molar-refractivity contribution in [2.45, 2.75) is 49.4 Å². The standard InChI is InChI=1S/C20H20Cl2/c21-17-7-3-15(4-8-17)19(11-1-12-19)20(13-2-14-20)16-5-9-18(22)10-6-16/h3-10H,1-2,11-14H2. The summed E-state index contributed by atoms with van der Waals surface area (Å²) in [4.78, 5) is 0. The molecule has 2 saturated carbocycles. The van der Waals surface area contributed by atoms with Gasteiger partial charge >= 0.3 is 0 Å². The molecule has 0 N–H and O–H groups in total. The van der Waals surface area contributed by atoms with Gasteiger partial charge in [-0.1, -0.05) is 60.3 Å². The molecule has 0 saturated heterocycles. The molecule has 0 amide bonds. The van der Waals surface area contributed by atoms with Crippen molar-refractivity contribution in [2.75, 3.05) is 0 Å². The summed E-state index contributed by atoms with van der Waals surface area (Å²) in [7, 11) is 0. The number of benzene rings is 2. The molecule has 0 aliphatic heterocycles. The maximum Gasteiger partial charge on any atom is 0.0406 e. The lowest BCUT2D eigenvalue weighted by molar-refractivity contribution is 0.0393. The van der Waals surface area contributed by atoms with Crippen LogP contribution in [0.25, 0.3) is 0 Å². The predicted molar refractivity (Wildman–Crippen MR) is 94.0 cm³/mol. The van der Waals surface area contributed by atoms with Crippen molar-refractivity contribution >= 4 is 23.2 Å². The highest BCUT2D eigenvalue weighted by molar-refractivity contribution is 6.30. The number of hydrogen-bond donors (Lipinski definition) is 0. The third kappa shape index (κ3) is 1.97. The second-order valence-corrected chi connectivity index (χ2v) is 7.76. The highest BCUT2D eigenvalue weighted by Gasteiger charge is 2.58. The summed E-state index contributed by atoms with van der Waals surface area (Å²) < 4.78 is 0. The lowest BCUT2D eigenvalue weighted by atomic mass is 9.42. The molecule has 114 valence electrons. The van der Waals surface area contributed by atoms with E-state index in [2.05, 4.69) is 24.3 Å². The molecule has 2 aliphatic rings. The largest absolute Gasteiger partial charge is 0.0843 e. The van der Waals surface area contributed by atoms with Crippen LogP contribution >= 0.6 is 23.2 Å². The molecule has 0 aromatic heterocycles. The molecule has 0 unspecified atom stereocenters. The van der Waals surface area contributed by atoms with Crippen LogP contribution in [0.15, 0.2) is 48.5 Å². The van der Waals surface area contributed by atoms with Gasteiger partial charge in [-0.15, -0.1) is 0 Å². The van der Waals surface area contributed by atoms with E-state index in [1.165, 1.54) is 49.7 Å².